The average molecular weight is 293 g/mol. The molecule has 0 unspecified atom stereocenters. The molecule has 1 heterocycles. The number of carbonyl (C=O) groups excluding carboxylic acids is 1. The molecule has 2 aromatic rings. The third kappa shape index (κ3) is 3.78. The van der Waals surface area contributed by atoms with Crippen LogP contribution in [0.25, 0.3) is 0 Å². The number of rotatable bonds is 4. The van der Waals surface area contributed by atoms with Gasteiger partial charge in [0.1, 0.15) is 5.01 Å². The van der Waals surface area contributed by atoms with Crippen LogP contribution in [0.3, 0.4) is 0 Å². The van der Waals surface area contributed by atoms with E-state index in [1.807, 2.05) is 39.0 Å². The third-order valence-electron chi connectivity index (χ3n) is 2.58. The first-order valence-corrected chi connectivity index (χ1v) is 7.65. The highest BCUT2D eigenvalue weighted by molar-refractivity contribution is 8.01. The number of anilines is 1. The highest BCUT2D eigenvalue weighted by Gasteiger charge is 2.09. The van der Waals surface area contributed by atoms with Crippen LogP contribution in [0.4, 0.5) is 5.69 Å². The Kier molecular flexibility index (Phi) is 4.55. The van der Waals surface area contributed by atoms with Gasteiger partial charge >= 0.3 is 0 Å². The maximum absolute atomic E-state index is 11.9. The average Bonchev–Trinajstić information content (AvgIpc) is 2.77. The second-order valence-corrected chi connectivity index (χ2v) is 6.59. The number of hydrogen-bond donors (Lipinski definition) is 1. The van der Waals surface area contributed by atoms with Crippen molar-refractivity contribution in [2.75, 3.05) is 11.1 Å². The van der Waals surface area contributed by atoms with Gasteiger partial charge < -0.3 is 5.32 Å². The highest BCUT2D eigenvalue weighted by atomic mass is 32.2. The number of carbonyl (C=O) groups is 1. The minimum atomic E-state index is -0.0183. The molecule has 4 nitrogen and oxygen atoms in total. The van der Waals surface area contributed by atoms with Gasteiger partial charge in [-0.15, -0.1) is 10.2 Å². The van der Waals surface area contributed by atoms with Gasteiger partial charge in [-0.3, -0.25) is 4.79 Å². The Bertz CT molecular complexity index is 575. The molecule has 0 aliphatic rings. The molecule has 0 aliphatic heterocycles. The molecular formula is C13H15N3OS2. The lowest BCUT2D eigenvalue weighted by Crippen LogP contribution is -2.15. The van der Waals surface area contributed by atoms with Crippen molar-refractivity contribution in [1.29, 1.82) is 0 Å². The largest absolute Gasteiger partial charge is 0.325 e. The molecule has 2 rings (SSSR count). The molecule has 0 atom stereocenters. The molecule has 0 fully saturated rings. The Labute approximate surface area is 120 Å². The van der Waals surface area contributed by atoms with Gasteiger partial charge in [0, 0.05) is 5.69 Å². The van der Waals surface area contributed by atoms with Crippen molar-refractivity contribution in [2.24, 2.45) is 0 Å². The maximum Gasteiger partial charge on any atom is 0.234 e. The van der Waals surface area contributed by atoms with Gasteiger partial charge in [0.05, 0.1) is 5.75 Å². The Balaban J connectivity index is 1.94. The fourth-order valence-electron chi connectivity index (χ4n) is 1.65. The Morgan fingerprint density at radius 1 is 1.26 bits per heavy atom. The number of amides is 1. The lowest BCUT2D eigenvalue weighted by atomic mass is 10.1. The molecule has 0 saturated heterocycles. The Morgan fingerprint density at radius 3 is 2.53 bits per heavy atom. The van der Waals surface area contributed by atoms with Crippen LogP contribution >= 0.6 is 23.1 Å². The van der Waals surface area contributed by atoms with Gasteiger partial charge in [-0.25, -0.2) is 0 Å². The van der Waals surface area contributed by atoms with E-state index >= 15 is 0 Å². The highest BCUT2D eigenvalue weighted by Crippen LogP contribution is 2.23. The van der Waals surface area contributed by atoms with Crippen LogP contribution in [-0.4, -0.2) is 21.9 Å². The minimum Gasteiger partial charge on any atom is -0.325 e. The van der Waals surface area contributed by atoms with Crippen molar-refractivity contribution in [1.82, 2.24) is 10.2 Å². The van der Waals surface area contributed by atoms with Crippen molar-refractivity contribution >= 4 is 34.7 Å². The van der Waals surface area contributed by atoms with Gasteiger partial charge in [-0.2, -0.15) is 0 Å². The second kappa shape index (κ2) is 6.16. The number of nitrogens with one attached hydrogen (secondary N) is 1. The zero-order chi connectivity index (χ0) is 13.8. The standard InChI is InChI=1S/C13H15N3OS2/c1-8-5-4-6-9(2)12(8)14-11(17)7-18-13-16-15-10(3)19-13/h4-6H,7H2,1-3H3,(H,14,17). The zero-order valence-electron chi connectivity index (χ0n) is 11.1. The first-order valence-electron chi connectivity index (χ1n) is 5.85. The number of thioether (sulfide) groups is 1. The van der Waals surface area contributed by atoms with Crippen LogP contribution in [0.2, 0.25) is 0 Å². The van der Waals surface area contributed by atoms with Crippen molar-refractivity contribution in [3.05, 3.63) is 34.3 Å². The predicted molar refractivity (Wildman–Crippen MR) is 79.9 cm³/mol. The second-order valence-electron chi connectivity index (χ2n) is 4.19. The number of para-hydroxylation sites is 1. The summed E-state index contributed by atoms with van der Waals surface area (Å²) in [5, 5.41) is 11.8. The molecule has 1 N–H and O–H groups in total. The monoisotopic (exact) mass is 293 g/mol. The van der Waals surface area contributed by atoms with Crippen LogP contribution in [0.1, 0.15) is 16.1 Å². The van der Waals surface area contributed by atoms with Crippen LogP contribution < -0.4 is 5.32 Å². The molecular weight excluding hydrogens is 278 g/mol. The Hall–Kier alpha value is -1.40. The van der Waals surface area contributed by atoms with Gasteiger partial charge in [0.15, 0.2) is 4.34 Å². The van der Waals surface area contributed by atoms with Gasteiger partial charge in [0.25, 0.3) is 0 Å². The summed E-state index contributed by atoms with van der Waals surface area (Å²) < 4.78 is 0.828. The fraction of sp³-hybridized carbons (Fsp3) is 0.308. The van der Waals surface area contributed by atoms with E-state index in [4.69, 9.17) is 0 Å². The first kappa shape index (κ1) is 14.0. The molecule has 19 heavy (non-hydrogen) atoms. The zero-order valence-corrected chi connectivity index (χ0v) is 12.7. The predicted octanol–water partition coefficient (Wildman–Crippen LogP) is 3.19. The summed E-state index contributed by atoms with van der Waals surface area (Å²) in [6.45, 7) is 5.88. The summed E-state index contributed by atoms with van der Waals surface area (Å²) in [7, 11) is 0. The summed E-state index contributed by atoms with van der Waals surface area (Å²) in [6.07, 6.45) is 0. The summed E-state index contributed by atoms with van der Waals surface area (Å²) in [6, 6.07) is 5.97. The van der Waals surface area contributed by atoms with E-state index in [9.17, 15) is 4.79 Å². The summed E-state index contributed by atoms with van der Waals surface area (Å²) in [5.41, 5.74) is 3.05. The lowest BCUT2D eigenvalue weighted by molar-refractivity contribution is -0.113. The fourth-order valence-corrected chi connectivity index (χ4v) is 3.27. The van der Waals surface area contributed by atoms with E-state index < -0.39 is 0 Å². The number of aromatic nitrogens is 2. The molecule has 1 aromatic carbocycles. The Morgan fingerprint density at radius 2 is 1.95 bits per heavy atom. The molecule has 0 bridgehead atoms. The van der Waals surface area contributed by atoms with Crippen LogP contribution in [0.15, 0.2) is 22.5 Å². The van der Waals surface area contributed by atoms with Crippen molar-refractivity contribution in [3.8, 4) is 0 Å². The van der Waals surface area contributed by atoms with Gasteiger partial charge in [-0.05, 0) is 31.9 Å². The molecule has 1 aromatic heterocycles. The van der Waals surface area contributed by atoms with Crippen molar-refractivity contribution in [3.63, 3.8) is 0 Å². The van der Waals surface area contributed by atoms with Crippen molar-refractivity contribution < 1.29 is 4.79 Å². The van der Waals surface area contributed by atoms with E-state index in [0.29, 0.717) is 5.75 Å². The summed E-state index contributed by atoms with van der Waals surface area (Å²) >= 11 is 2.92. The van der Waals surface area contributed by atoms with E-state index in [1.54, 1.807) is 0 Å². The summed E-state index contributed by atoms with van der Waals surface area (Å²) in [5.74, 6) is 0.331. The van der Waals surface area contributed by atoms with Crippen molar-refractivity contribution in [2.45, 2.75) is 25.1 Å². The van der Waals surface area contributed by atoms with Crippen LogP contribution in [-0.2, 0) is 4.79 Å². The molecule has 6 heteroatoms. The normalized spacial score (nSPS) is 10.5. The van der Waals surface area contributed by atoms with E-state index in [2.05, 4.69) is 15.5 Å². The maximum atomic E-state index is 11.9. The molecule has 0 saturated carbocycles. The lowest BCUT2D eigenvalue weighted by Gasteiger charge is -2.10. The molecule has 1 amide bonds. The number of aryl methyl sites for hydroxylation is 3. The number of nitrogens with zero attached hydrogens (tertiary/aromatic N) is 2. The molecule has 100 valence electrons. The SMILES string of the molecule is Cc1nnc(SCC(=O)Nc2c(C)cccc2C)s1. The minimum absolute atomic E-state index is 0.0183. The number of benzene rings is 1. The van der Waals surface area contributed by atoms with Gasteiger partial charge in [0.2, 0.25) is 5.91 Å². The third-order valence-corrected chi connectivity index (χ3v) is 4.55. The molecule has 0 radical (unpaired) electrons. The summed E-state index contributed by atoms with van der Waals surface area (Å²) in [4.78, 5) is 11.9. The molecule has 0 spiro atoms. The van der Waals surface area contributed by atoms with Crippen LogP contribution in [0.5, 0.6) is 0 Å². The first-order chi connectivity index (χ1) is 9.06. The smallest absolute Gasteiger partial charge is 0.234 e. The van der Waals surface area contributed by atoms with E-state index in [1.165, 1.54) is 23.1 Å². The van der Waals surface area contributed by atoms with E-state index in [-0.39, 0.29) is 5.91 Å². The molecule has 0 aliphatic carbocycles. The topological polar surface area (TPSA) is 54.9 Å². The van der Waals surface area contributed by atoms with Crippen LogP contribution in [0, 0.1) is 20.8 Å². The quantitative estimate of drug-likeness (QED) is 0.880. The number of hydrogen-bond acceptors (Lipinski definition) is 5. The van der Waals surface area contributed by atoms with E-state index in [0.717, 1.165) is 26.2 Å². The van der Waals surface area contributed by atoms with Gasteiger partial charge in [-0.1, -0.05) is 41.3 Å².